The molecule has 1 aromatic carbocycles. The number of benzene rings is 1. The van der Waals surface area contributed by atoms with Gasteiger partial charge >= 0.3 is 11.9 Å². The van der Waals surface area contributed by atoms with Crippen molar-refractivity contribution < 1.29 is 29.0 Å². The van der Waals surface area contributed by atoms with E-state index in [-0.39, 0.29) is 18.6 Å². The summed E-state index contributed by atoms with van der Waals surface area (Å²) in [6, 6.07) is 4.58. The van der Waals surface area contributed by atoms with Crippen molar-refractivity contribution in [2.45, 2.75) is 24.9 Å². The Hall–Kier alpha value is -2.11. The quantitative estimate of drug-likeness (QED) is 0.188. The van der Waals surface area contributed by atoms with Crippen molar-refractivity contribution in [3.8, 4) is 5.75 Å². The van der Waals surface area contributed by atoms with Gasteiger partial charge in [-0.05, 0) is 34.5 Å². The van der Waals surface area contributed by atoms with Crippen molar-refractivity contribution in [2.75, 3.05) is 12.3 Å². The number of halogens is 1. The molecule has 0 heterocycles. The molecule has 0 radical (unpaired) electrons. The summed E-state index contributed by atoms with van der Waals surface area (Å²) in [5.41, 5.74) is 5.31. The zero-order chi connectivity index (χ0) is 20.4. The fraction of sp³-hybridized carbons (Fsp3) is 0.375. The zero-order valence-electron chi connectivity index (χ0n) is 14.2. The van der Waals surface area contributed by atoms with E-state index in [9.17, 15) is 19.2 Å². The van der Waals surface area contributed by atoms with E-state index in [2.05, 4.69) is 39.2 Å². The monoisotopic (exact) mass is 461 g/mol. The van der Waals surface area contributed by atoms with Crippen LogP contribution in [-0.2, 0) is 19.2 Å². The predicted octanol–water partition coefficient (Wildman–Crippen LogP) is 0.0774. The number of thiol groups is 1. The summed E-state index contributed by atoms with van der Waals surface area (Å²) >= 11 is 7.22. The van der Waals surface area contributed by atoms with Crippen LogP contribution in [0.1, 0.15) is 12.8 Å². The van der Waals surface area contributed by atoms with Crippen LogP contribution in [0.5, 0.6) is 5.75 Å². The lowest BCUT2D eigenvalue weighted by Crippen LogP contribution is -2.49. The molecular formula is C16H20BrN3O6S. The summed E-state index contributed by atoms with van der Waals surface area (Å²) in [6.45, 7) is -0.399. The van der Waals surface area contributed by atoms with E-state index < -0.39 is 42.4 Å². The number of carbonyl (C=O) groups is 4. The molecule has 2 atom stereocenters. The highest BCUT2D eigenvalue weighted by Crippen LogP contribution is 2.23. The SMILES string of the molecule is NC(CCC(=O)NC(CS)C(=O)NCC(=O)Oc1ccccc1Br)C(=O)O. The number of carboxylic acid groups (broad SMARTS) is 1. The first-order valence-corrected chi connectivity index (χ1v) is 9.28. The van der Waals surface area contributed by atoms with Crippen LogP contribution in [0.3, 0.4) is 0 Å². The first-order valence-electron chi connectivity index (χ1n) is 7.86. The van der Waals surface area contributed by atoms with Gasteiger partial charge in [-0.1, -0.05) is 12.1 Å². The Morgan fingerprint density at radius 2 is 1.93 bits per heavy atom. The summed E-state index contributed by atoms with van der Waals surface area (Å²) < 4.78 is 5.69. The number of carbonyl (C=O) groups excluding carboxylic acids is 3. The number of carboxylic acids is 1. The van der Waals surface area contributed by atoms with E-state index >= 15 is 0 Å². The highest BCUT2D eigenvalue weighted by Gasteiger charge is 2.21. The average Bonchev–Trinajstić information content (AvgIpc) is 2.63. The molecule has 0 spiro atoms. The minimum absolute atomic E-state index is 0.0121. The Kier molecular flexibility index (Phi) is 9.83. The Morgan fingerprint density at radius 1 is 1.26 bits per heavy atom. The molecule has 1 aromatic rings. The summed E-state index contributed by atoms with van der Waals surface area (Å²) in [4.78, 5) is 46.3. The van der Waals surface area contributed by atoms with Crippen LogP contribution >= 0.6 is 28.6 Å². The maximum atomic E-state index is 12.1. The van der Waals surface area contributed by atoms with Gasteiger partial charge in [0.05, 0.1) is 4.47 Å². The molecule has 0 aliphatic carbocycles. The fourth-order valence-electron chi connectivity index (χ4n) is 1.84. The molecule has 1 rings (SSSR count). The van der Waals surface area contributed by atoms with Gasteiger partial charge in [-0.25, -0.2) is 4.79 Å². The van der Waals surface area contributed by atoms with E-state index in [4.69, 9.17) is 15.6 Å². The third-order valence-electron chi connectivity index (χ3n) is 3.30. The smallest absolute Gasteiger partial charge is 0.330 e. The Morgan fingerprint density at radius 3 is 2.52 bits per heavy atom. The molecule has 2 amide bonds. The van der Waals surface area contributed by atoms with Crippen LogP contribution < -0.4 is 21.1 Å². The van der Waals surface area contributed by atoms with E-state index in [1.54, 1.807) is 24.3 Å². The molecule has 9 nitrogen and oxygen atoms in total. The van der Waals surface area contributed by atoms with Crippen molar-refractivity contribution in [1.82, 2.24) is 10.6 Å². The summed E-state index contributed by atoms with van der Waals surface area (Å²) in [5.74, 6) is -2.77. The van der Waals surface area contributed by atoms with E-state index in [1.807, 2.05) is 0 Å². The Labute approximate surface area is 169 Å². The van der Waals surface area contributed by atoms with Crippen LogP contribution in [0.2, 0.25) is 0 Å². The first kappa shape index (κ1) is 22.9. The van der Waals surface area contributed by atoms with Gasteiger partial charge in [0.15, 0.2) is 0 Å². The van der Waals surface area contributed by atoms with Gasteiger partial charge in [0.2, 0.25) is 11.8 Å². The average molecular weight is 462 g/mol. The van der Waals surface area contributed by atoms with Crippen LogP contribution in [-0.4, -0.2) is 53.2 Å². The van der Waals surface area contributed by atoms with Gasteiger partial charge in [0, 0.05) is 12.2 Å². The second-order valence-corrected chi connectivity index (χ2v) is 6.63. The predicted molar refractivity (Wildman–Crippen MR) is 103 cm³/mol. The van der Waals surface area contributed by atoms with Crippen LogP contribution in [0.15, 0.2) is 28.7 Å². The summed E-state index contributed by atoms with van der Waals surface area (Å²) in [5, 5.41) is 13.4. The Balaban J connectivity index is 2.44. The lowest BCUT2D eigenvalue weighted by atomic mass is 10.1. The van der Waals surface area contributed by atoms with Crippen LogP contribution in [0.25, 0.3) is 0 Å². The molecule has 5 N–H and O–H groups in total. The molecule has 2 unspecified atom stereocenters. The normalized spacial score (nSPS) is 12.6. The summed E-state index contributed by atoms with van der Waals surface area (Å²) in [7, 11) is 0. The molecule has 148 valence electrons. The standard InChI is InChI=1S/C16H20BrN3O6S/c17-9-3-1-2-4-12(9)26-14(22)7-19-15(23)11(8-27)20-13(21)6-5-10(18)16(24)25/h1-4,10-11,27H,5-8,18H2,(H,19,23)(H,20,21)(H,24,25). The molecular weight excluding hydrogens is 442 g/mol. The zero-order valence-corrected chi connectivity index (χ0v) is 16.7. The second-order valence-electron chi connectivity index (χ2n) is 5.41. The number of ether oxygens (including phenoxy) is 1. The molecule has 27 heavy (non-hydrogen) atoms. The van der Waals surface area contributed by atoms with Crippen molar-refractivity contribution in [2.24, 2.45) is 5.73 Å². The maximum absolute atomic E-state index is 12.1. The van der Waals surface area contributed by atoms with Crippen molar-refractivity contribution in [3.05, 3.63) is 28.7 Å². The second kappa shape index (κ2) is 11.6. The number of hydrogen-bond acceptors (Lipinski definition) is 7. The topological polar surface area (TPSA) is 148 Å². The minimum Gasteiger partial charge on any atom is -0.480 e. The third kappa shape index (κ3) is 8.41. The van der Waals surface area contributed by atoms with Gasteiger partial charge in [-0.15, -0.1) is 0 Å². The molecule has 0 aliphatic rings. The third-order valence-corrected chi connectivity index (χ3v) is 4.32. The van der Waals surface area contributed by atoms with Crippen molar-refractivity contribution in [1.29, 1.82) is 0 Å². The molecule has 0 bridgehead atoms. The Bertz CT molecular complexity index is 702. The van der Waals surface area contributed by atoms with Gasteiger partial charge in [-0.3, -0.25) is 14.4 Å². The van der Waals surface area contributed by atoms with Gasteiger partial charge < -0.3 is 26.2 Å². The van der Waals surface area contributed by atoms with E-state index in [0.717, 1.165) is 0 Å². The first-order chi connectivity index (χ1) is 12.7. The van der Waals surface area contributed by atoms with Gasteiger partial charge in [-0.2, -0.15) is 12.6 Å². The molecule has 0 aliphatic heterocycles. The number of rotatable bonds is 10. The van der Waals surface area contributed by atoms with Gasteiger partial charge in [0.25, 0.3) is 0 Å². The van der Waals surface area contributed by atoms with Crippen LogP contribution in [0, 0.1) is 0 Å². The molecule has 11 heteroatoms. The lowest BCUT2D eigenvalue weighted by Gasteiger charge is -2.16. The number of aliphatic carboxylic acids is 1. The summed E-state index contributed by atoms with van der Waals surface area (Å²) in [6.07, 6.45) is -0.227. The largest absolute Gasteiger partial charge is 0.480 e. The lowest BCUT2D eigenvalue weighted by molar-refractivity contribution is -0.139. The van der Waals surface area contributed by atoms with E-state index in [1.165, 1.54) is 0 Å². The highest BCUT2D eigenvalue weighted by atomic mass is 79.9. The molecule has 0 saturated carbocycles. The highest BCUT2D eigenvalue weighted by molar-refractivity contribution is 9.10. The fourth-order valence-corrected chi connectivity index (χ4v) is 2.46. The maximum Gasteiger partial charge on any atom is 0.330 e. The molecule has 0 aromatic heterocycles. The number of nitrogens with two attached hydrogens (primary N) is 1. The number of nitrogens with one attached hydrogen (secondary N) is 2. The molecule has 0 fully saturated rings. The number of amides is 2. The van der Waals surface area contributed by atoms with Crippen molar-refractivity contribution in [3.63, 3.8) is 0 Å². The van der Waals surface area contributed by atoms with E-state index in [0.29, 0.717) is 10.2 Å². The number of esters is 1. The minimum atomic E-state index is -1.21. The number of hydrogen-bond donors (Lipinski definition) is 5. The van der Waals surface area contributed by atoms with Crippen molar-refractivity contribution >= 4 is 52.3 Å². The molecule has 0 saturated heterocycles. The van der Waals surface area contributed by atoms with Crippen LogP contribution in [0.4, 0.5) is 0 Å². The number of para-hydroxylation sites is 1. The van der Waals surface area contributed by atoms with Gasteiger partial charge in [0.1, 0.15) is 24.4 Å².